The van der Waals surface area contributed by atoms with Gasteiger partial charge in [-0.1, -0.05) is 0 Å². The van der Waals surface area contributed by atoms with E-state index in [1.165, 1.54) is 12.1 Å². The van der Waals surface area contributed by atoms with Crippen LogP contribution in [-0.2, 0) is 0 Å². The molecule has 0 atom stereocenters. The first-order chi connectivity index (χ1) is 8.16. The van der Waals surface area contributed by atoms with Gasteiger partial charge in [-0.3, -0.25) is 10.1 Å². The summed E-state index contributed by atoms with van der Waals surface area (Å²) >= 11 is 0. The van der Waals surface area contributed by atoms with Crippen LogP contribution in [0.5, 0.6) is 5.75 Å². The Morgan fingerprint density at radius 1 is 1.53 bits per heavy atom. The van der Waals surface area contributed by atoms with E-state index in [0.717, 1.165) is 25.6 Å². The number of nitrogens with one attached hydrogen (secondary N) is 1. The van der Waals surface area contributed by atoms with Crippen LogP contribution >= 0.6 is 0 Å². The van der Waals surface area contributed by atoms with Crippen LogP contribution in [0.2, 0.25) is 0 Å². The minimum absolute atomic E-state index is 0.0721. The third-order valence-electron chi connectivity index (χ3n) is 2.78. The van der Waals surface area contributed by atoms with E-state index < -0.39 is 10.7 Å². The molecule has 5 nitrogen and oxygen atoms in total. The molecule has 1 aromatic carbocycles. The fraction of sp³-hybridized carbons (Fsp3) is 0.455. The van der Waals surface area contributed by atoms with E-state index in [1.807, 2.05) is 0 Å². The van der Waals surface area contributed by atoms with E-state index in [0.29, 0.717) is 12.5 Å². The molecule has 0 radical (unpaired) electrons. The molecule has 1 heterocycles. The van der Waals surface area contributed by atoms with Crippen molar-refractivity contribution in [3.05, 3.63) is 34.1 Å². The molecule has 1 N–H and O–H groups in total. The highest BCUT2D eigenvalue weighted by Gasteiger charge is 2.17. The van der Waals surface area contributed by atoms with Crippen molar-refractivity contribution in [2.45, 2.75) is 6.42 Å². The predicted octanol–water partition coefficient (Wildman–Crippen LogP) is 1.72. The molecular formula is C11H13FN2O3. The van der Waals surface area contributed by atoms with E-state index >= 15 is 0 Å². The molecule has 0 aliphatic carbocycles. The second-order valence-corrected chi connectivity index (χ2v) is 4.03. The van der Waals surface area contributed by atoms with E-state index in [2.05, 4.69) is 5.32 Å². The fourth-order valence-corrected chi connectivity index (χ4v) is 1.61. The first-order valence-corrected chi connectivity index (χ1v) is 5.44. The number of hydrogen-bond acceptors (Lipinski definition) is 4. The van der Waals surface area contributed by atoms with Crippen LogP contribution in [0.1, 0.15) is 6.42 Å². The Morgan fingerprint density at radius 2 is 2.29 bits per heavy atom. The Kier molecular flexibility index (Phi) is 3.53. The van der Waals surface area contributed by atoms with Crippen LogP contribution in [-0.4, -0.2) is 24.6 Å². The fourth-order valence-electron chi connectivity index (χ4n) is 1.61. The molecule has 1 saturated heterocycles. The number of ether oxygens (including phenoxy) is 1. The maximum atomic E-state index is 13.4. The summed E-state index contributed by atoms with van der Waals surface area (Å²) in [6, 6.07) is 3.41. The third kappa shape index (κ3) is 2.91. The van der Waals surface area contributed by atoms with Gasteiger partial charge in [0.25, 0.3) is 5.69 Å². The molecule has 0 unspecified atom stereocenters. The number of halogens is 1. The van der Waals surface area contributed by atoms with Gasteiger partial charge in [-0.2, -0.15) is 0 Å². The topological polar surface area (TPSA) is 64.4 Å². The minimum atomic E-state index is -0.689. The van der Waals surface area contributed by atoms with Crippen LogP contribution in [0.4, 0.5) is 10.1 Å². The summed E-state index contributed by atoms with van der Waals surface area (Å²) in [6.07, 6.45) is 0.865. The third-order valence-corrected chi connectivity index (χ3v) is 2.78. The second kappa shape index (κ2) is 5.09. The zero-order chi connectivity index (χ0) is 12.3. The van der Waals surface area contributed by atoms with Gasteiger partial charge in [0, 0.05) is 6.07 Å². The van der Waals surface area contributed by atoms with Crippen molar-refractivity contribution >= 4 is 5.69 Å². The predicted molar refractivity (Wildman–Crippen MR) is 59.5 cm³/mol. The van der Waals surface area contributed by atoms with E-state index in [4.69, 9.17) is 4.74 Å². The van der Waals surface area contributed by atoms with Gasteiger partial charge >= 0.3 is 0 Å². The molecule has 1 aromatic rings. The Morgan fingerprint density at radius 3 is 2.82 bits per heavy atom. The van der Waals surface area contributed by atoms with Crippen molar-refractivity contribution in [3.8, 4) is 5.75 Å². The number of nitrogens with zero attached hydrogens (tertiary/aromatic N) is 1. The lowest BCUT2D eigenvalue weighted by molar-refractivity contribution is -0.385. The van der Waals surface area contributed by atoms with Gasteiger partial charge in [-0.05, 0) is 31.5 Å². The summed E-state index contributed by atoms with van der Waals surface area (Å²) in [5.41, 5.74) is -0.266. The highest BCUT2D eigenvalue weighted by atomic mass is 19.1. The van der Waals surface area contributed by atoms with E-state index in [9.17, 15) is 14.5 Å². The molecule has 1 fully saturated rings. The average Bonchev–Trinajstić information content (AvgIpc) is 2.23. The van der Waals surface area contributed by atoms with Gasteiger partial charge in [-0.25, -0.2) is 4.39 Å². The Balaban J connectivity index is 1.89. The molecule has 17 heavy (non-hydrogen) atoms. The maximum Gasteiger partial charge on any atom is 0.272 e. The quantitative estimate of drug-likeness (QED) is 0.628. The first-order valence-electron chi connectivity index (χ1n) is 5.44. The molecule has 0 saturated carbocycles. The van der Waals surface area contributed by atoms with E-state index in [1.54, 1.807) is 0 Å². The lowest BCUT2D eigenvalue weighted by Gasteiger charge is -2.26. The smallest absolute Gasteiger partial charge is 0.272 e. The summed E-state index contributed by atoms with van der Waals surface area (Å²) in [6.45, 7) is 2.39. The highest BCUT2D eigenvalue weighted by molar-refractivity contribution is 5.37. The van der Waals surface area contributed by atoms with Gasteiger partial charge in [-0.15, -0.1) is 0 Å². The minimum Gasteiger partial charge on any atom is -0.490 e. The van der Waals surface area contributed by atoms with Gasteiger partial charge in [0.2, 0.25) is 0 Å². The molecular weight excluding hydrogens is 227 g/mol. The van der Waals surface area contributed by atoms with Crippen molar-refractivity contribution in [1.29, 1.82) is 0 Å². The molecule has 1 aliphatic rings. The first kappa shape index (κ1) is 11.8. The molecule has 6 heteroatoms. The van der Waals surface area contributed by atoms with Crippen molar-refractivity contribution in [2.24, 2.45) is 5.92 Å². The number of rotatable bonds is 5. The average molecular weight is 240 g/mol. The summed E-state index contributed by atoms with van der Waals surface area (Å²) in [5.74, 6) is -0.0232. The van der Waals surface area contributed by atoms with Gasteiger partial charge in [0.15, 0.2) is 11.6 Å². The molecule has 0 bridgehead atoms. The maximum absolute atomic E-state index is 13.4. The molecule has 92 valence electrons. The monoisotopic (exact) mass is 240 g/mol. The number of hydrogen-bond donors (Lipinski definition) is 1. The Bertz CT molecular complexity index is 421. The van der Waals surface area contributed by atoms with Gasteiger partial charge in [0.05, 0.1) is 17.6 Å². The van der Waals surface area contributed by atoms with Crippen LogP contribution in [0.3, 0.4) is 0 Å². The molecule has 0 spiro atoms. The van der Waals surface area contributed by atoms with Crippen molar-refractivity contribution in [1.82, 2.24) is 5.32 Å². The van der Waals surface area contributed by atoms with Crippen molar-refractivity contribution < 1.29 is 14.1 Å². The standard InChI is InChI=1S/C11H13FN2O3/c12-10-5-9(14(15)16)1-2-11(10)17-4-3-8-6-13-7-8/h1-2,5,8,13H,3-4,6-7H2. The van der Waals surface area contributed by atoms with Crippen LogP contribution in [0, 0.1) is 21.8 Å². The zero-order valence-electron chi connectivity index (χ0n) is 9.19. The summed E-state index contributed by atoms with van der Waals surface area (Å²) in [4.78, 5) is 9.77. The molecule has 0 amide bonds. The number of nitro benzene ring substituents is 1. The van der Waals surface area contributed by atoms with Gasteiger partial charge in [0.1, 0.15) is 0 Å². The Hall–Kier alpha value is -1.69. The van der Waals surface area contributed by atoms with Crippen molar-refractivity contribution in [2.75, 3.05) is 19.7 Å². The summed E-state index contributed by atoms with van der Waals surface area (Å²) in [7, 11) is 0. The lowest BCUT2D eigenvalue weighted by Crippen LogP contribution is -2.42. The normalized spacial score (nSPS) is 15.4. The molecule has 2 rings (SSSR count). The van der Waals surface area contributed by atoms with E-state index in [-0.39, 0.29) is 11.4 Å². The molecule has 1 aliphatic heterocycles. The van der Waals surface area contributed by atoms with Crippen LogP contribution in [0.25, 0.3) is 0 Å². The lowest BCUT2D eigenvalue weighted by atomic mass is 10.0. The number of nitro groups is 1. The van der Waals surface area contributed by atoms with Gasteiger partial charge < -0.3 is 10.1 Å². The number of non-ortho nitro benzene ring substituents is 1. The van der Waals surface area contributed by atoms with Crippen LogP contribution in [0.15, 0.2) is 18.2 Å². The SMILES string of the molecule is O=[N+]([O-])c1ccc(OCCC2CNC2)c(F)c1. The summed E-state index contributed by atoms with van der Waals surface area (Å²) in [5, 5.41) is 13.5. The molecule has 0 aromatic heterocycles. The van der Waals surface area contributed by atoms with Crippen LogP contribution < -0.4 is 10.1 Å². The highest BCUT2D eigenvalue weighted by Crippen LogP contribution is 2.23. The van der Waals surface area contributed by atoms with Crippen molar-refractivity contribution in [3.63, 3.8) is 0 Å². The summed E-state index contributed by atoms with van der Waals surface area (Å²) < 4.78 is 18.6. The largest absolute Gasteiger partial charge is 0.490 e. The second-order valence-electron chi connectivity index (χ2n) is 4.03. The number of benzene rings is 1. The Labute approximate surface area is 97.7 Å². The zero-order valence-corrected chi connectivity index (χ0v) is 9.19.